The van der Waals surface area contributed by atoms with Gasteiger partial charge in [-0.1, -0.05) is 60.7 Å². The molecule has 0 spiro atoms. The first-order valence-electron chi connectivity index (χ1n) is 11.4. The van der Waals surface area contributed by atoms with Gasteiger partial charge >= 0.3 is 0 Å². The van der Waals surface area contributed by atoms with Gasteiger partial charge in [-0.2, -0.15) is 0 Å². The van der Waals surface area contributed by atoms with Crippen LogP contribution in [0.2, 0.25) is 0 Å². The number of hydrogen-bond acceptors (Lipinski definition) is 3. The first-order valence-corrected chi connectivity index (χ1v) is 11.4. The molecule has 5 heteroatoms. The van der Waals surface area contributed by atoms with Gasteiger partial charge in [-0.05, 0) is 47.7 Å². The molecule has 1 fully saturated rings. The number of benzene rings is 3. The molecule has 3 aromatic rings. The van der Waals surface area contributed by atoms with Gasteiger partial charge in [-0.25, -0.2) is 0 Å². The summed E-state index contributed by atoms with van der Waals surface area (Å²) >= 11 is 0. The van der Waals surface area contributed by atoms with E-state index in [9.17, 15) is 9.59 Å². The van der Waals surface area contributed by atoms with E-state index in [1.54, 1.807) is 12.0 Å². The maximum absolute atomic E-state index is 14.1. The number of amides is 2. The van der Waals surface area contributed by atoms with Gasteiger partial charge in [0.15, 0.2) is 0 Å². The molecule has 0 bridgehead atoms. The smallest absolute Gasteiger partial charge is 0.254 e. The summed E-state index contributed by atoms with van der Waals surface area (Å²) in [5.74, 6) is 0.256. The standard InChI is InChI=1S/C28H28N2O3/c1-29(18-19-9-4-3-5-10-19)28(32)25-23-13-6-7-14-24(23)27(31)30(21-15-16-21)26(25)20-11-8-12-22(17-20)33-2/h3-14,17,21,25-26H,15-16,18H2,1-2H3/t25-,26-/m1/s1. The van der Waals surface area contributed by atoms with Gasteiger partial charge in [-0.15, -0.1) is 0 Å². The largest absolute Gasteiger partial charge is 0.497 e. The van der Waals surface area contributed by atoms with Gasteiger partial charge in [0.2, 0.25) is 5.91 Å². The highest BCUT2D eigenvalue weighted by Gasteiger charge is 2.49. The van der Waals surface area contributed by atoms with Crippen LogP contribution in [0.5, 0.6) is 5.75 Å². The van der Waals surface area contributed by atoms with E-state index in [1.165, 1.54) is 0 Å². The van der Waals surface area contributed by atoms with E-state index in [2.05, 4.69) is 0 Å². The van der Waals surface area contributed by atoms with E-state index in [1.807, 2.05) is 90.8 Å². The van der Waals surface area contributed by atoms with E-state index in [-0.39, 0.29) is 23.9 Å². The zero-order valence-corrected chi connectivity index (χ0v) is 19.0. The Morgan fingerprint density at radius 2 is 1.73 bits per heavy atom. The van der Waals surface area contributed by atoms with E-state index in [4.69, 9.17) is 4.74 Å². The van der Waals surface area contributed by atoms with Crippen molar-refractivity contribution >= 4 is 11.8 Å². The monoisotopic (exact) mass is 440 g/mol. The van der Waals surface area contributed by atoms with E-state index >= 15 is 0 Å². The number of carbonyl (C=O) groups is 2. The maximum Gasteiger partial charge on any atom is 0.254 e. The predicted molar refractivity (Wildman–Crippen MR) is 127 cm³/mol. The molecule has 168 valence electrons. The van der Waals surface area contributed by atoms with Crippen LogP contribution in [-0.4, -0.2) is 41.8 Å². The molecule has 5 rings (SSSR count). The Labute approximate surface area is 194 Å². The topological polar surface area (TPSA) is 49.9 Å². The molecule has 0 radical (unpaired) electrons. The number of carbonyl (C=O) groups excluding carboxylic acids is 2. The van der Waals surface area contributed by atoms with Gasteiger partial charge in [0.05, 0.1) is 19.1 Å². The van der Waals surface area contributed by atoms with Crippen LogP contribution in [-0.2, 0) is 11.3 Å². The zero-order valence-electron chi connectivity index (χ0n) is 19.0. The lowest BCUT2D eigenvalue weighted by molar-refractivity contribution is -0.134. The van der Waals surface area contributed by atoms with Crippen molar-refractivity contribution in [3.63, 3.8) is 0 Å². The fourth-order valence-corrected chi connectivity index (χ4v) is 4.92. The van der Waals surface area contributed by atoms with Crippen molar-refractivity contribution in [2.75, 3.05) is 14.2 Å². The molecule has 2 amide bonds. The number of fused-ring (bicyclic) bond motifs is 1. The molecule has 2 atom stereocenters. The Hall–Kier alpha value is -3.60. The average Bonchev–Trinajstić information content (AvgIpc) is 3.69. The Morgan fingerprint density at radius 1 is 1.00 bits per heavy atom. The summed E-state index contributed by atoms with van der Waals surface area (Å²) in [6.07, 6.45) is 1.93. The van der Waals surface area contributed by atoms with Crippen molar-refractivity contribution in [3.8, 4) is 5.75 Å². The third-order valence-electron chi connectivity index (χ3n) is 6.66. The highest BCUT2D eigenvalue weighted by molar-refractivity contribution is 6.01. The minimum absolute atomic E-state index is 0.00989. The number of hydrogen-bond donors (Lipinski definition) is 0. The Kier molecular flexibility index (Phi) is 5.63. The minimum Gasteiger partial charge on any atom is -0.497 e. The first kappa shape index (κ1) is 21.3. The van der Waals surface area contributed by atoms with Crippen molar-refractivity contribution in [2.45, 2.75) is 37.4 Å². The molecular weight excluding hydrogens is 412 g/mol. The minimum atomic E-state index is -0.486. The molecule has 0 unspecified atom stereocenters. The Balaban J connectivity index is 1.61. The van der Waals surface area contributed by atoms with Crippen LogP contribution in [0.25, 0.3) is 0 Å². The lowest BCUT2D eigenvalue weighted by atomic mass is 9.78. The van der Waals surface area contributed by atoms with Crippen molar-refractivity contribution in [2.24, 2.45) is 0 Å². The predicted octanol–water partition coefficient (Wildman–Crippen LogP) is 4.80. The summed E-state index contributed by atoms with van der Waals surface area (Å²) in [7, 11) is 3.48. The molecule has 1 saturated carbocycles. The van der Waals surface area contributed by atoms with Gasteiger partial charge in [0, 0.05) is 25.2 Å². The van der Waals surface area contributed by atoms with Crippen LogP contribution in [0.3, 0.4) is 0 Å². The van der Waals surface area contributed by atoms with Gasteiger partial charge in [0.1, 0.15) is 5.75 Å². The summed E-state index contributed by atoms with van der Waals surface area (Å²) in [6, 6.07) is 25.1. The number of methoxy groups -OCH3 is 1. The van der Waals surface area contributed by atoms with Crippen molar-refractivity contribution in [3.05, 3.63) is 101 Å². The summed E-state index contributed by atoms with van der Waals surface area (Å²) in [5, 5.41) is 0. The van der Waals surface area contributed by atoms with Gasteiger partial charge in [-0.3, -0.25) is 9.59 Å². The summed E-state index contributed by atoms with van der Waals surface area (Å²) in [6.45, 7) is 0.514. The van der Waals surface area contributed by atoms with Crippen LogP contribution in [0, 0.1) is 0 Å². The summed E-state index contributed by atoms with van der Waals surface area (Å²) in [4.78, 5) is 31.4. The van der Waals surface area contributed by atoms with Gasteiger partial charge in [0.25, 0.3) is 5.91 Å². The lowest BCUT2D eigenvalue weighted by Gasteiger charge is -2.43. The van der Waals surface area contributed by atoms with Crippen LogP contribution in [0.4, 0.5) is 0 Å². The fourth-order valence-electron chi connectivity index (χ4n) is 4.92. The first-order chi connectivity index (χ1) is 16.1. The third kappa shape index (κ3) is 3.99. The fraction of sp³-hybridized carbons (Fsp3) is 0.286. The molecule has 1 aliphatic carbocycles. The van der Waals surface area contributed by atoms with Crippen LogP contribution in [0.15, 0.2) is 78.9 Å². The van der Waals surface area contributed by atoms with Crippen LogP contribution >= 0.6 is 0 Å². The van der Waals surface area contributed by atoms with Crippen molar-refractivity contribution in [1.82, 2.24) is 9.80 Å². The second kappa shape index (κ2) is 8.74. The van der Waals surface area contributed by atoms with E-state index in [0.29, 0.717) is 12.1 Å². The summed E-state index contributed by atoms with van der Waals surface area (Å²) in [5.41, 5.74) is 3.44. The molecule has 1 heterocycles. The quantitative estimate of drug-likeness (QED) is 0.553. The average molecular weight is 441 g/mol. The SMILES string of the molecule is COc1cccc([C@@H]2[C@H](C(=O)N(C)Cc3ccccc3)c3ccccc3C(=O)N2C2CC2)c1. The maximum atomic E-state index is 14.1. The normalized spacial score (nSPS) is 19.7. The molecule has 0 saturated heterocycles. The molecule has 2 aliphatic rings. The number of rotatable bonds is 6. The van der Waals surface area contributed by atoms with Crippen molar-refractivity contribution in [1.29, 1.82) is 0 Å². The second-order valence-electron chi connectivity index (χ2n) is 8.91. The van der Waals surface area contributed by atoms with E-state index < -0.39 is 5.92 Å². The van der Waals surface area contributed by atoms with Crippen molar-refractivity contribution < 1.29 is 14.3 Å². The molecule has 3 aromatic carbocycles. The molecule has 33 heavy (non-hydrogen) atoms. The highest BCUT2D eigenvalue weighted by Crippen LogP contribution is 2.48. The number of nitrogens with zero attached hydrogens (tertiary/aromatic N) is 2. The Bertz CT molecular complexity index is 1170. The van der Waals surface area contributed by atoms with Gasteiger partial charge < -0.3 is 14.5 Å². The molecular formula is C28H28N2O3. The number of likely N-dealkylation sites (N-methyl/N-ethyl adjacent to an activating group) is 1. The molecule has 5 nitrogen and oxygen atoms in total. The molecule has 0 aromatic heterocycles. The molecule has 0 N–H and O–H groups in total. The van der Waals surface area contributed by atoms with Crippen LogP contribution < -0.4 is 4.74 Å². The van der Waals surface area contributed by atoms with E-state index in [0.717, 1.165) is 35.3 Å². The highest BCUT2D eigenvalue weighted by atomic mass is 16.5. The second-order valence-corrected chi connectivity index (χ2v) is 8.91. The third-order valence-corrected chi connectivity index (χ3v) is 6.66. The number of ether oxygens (including phenoxy) is 1. The van der Waals surface area contributed by atoms with Crippen LogP contribution in [0.1, 0.15) is 51.8 Å². The molecule has 1 aliphatic heterocycles. The lowest BCUT2D eigenvalue weighted by Crippen LogP contribution is -2.48. The zero-order chi connectivity index (χ0) is 22.9. The Morgan fingerprint density at radius 3 is 2.45 bits per heavy atom. The summed E-state index contributed by atoms with van der Waals surface area (Å²) < 4.78 is 5.48.